The summed E-state index contributed by atoms with van der Waals surface area (Å²) in [6, 6.07) is -0.903. The molecule has 7 heteroatoms. The van der Waals surface area contributed by atoms with Crippen LogP contribution in [0.2, 0.25) is 0 Å². The van der Waals surface area contributed by atoms with Crippen molar-refractivity contribution in [3.63, 3.8) is 0 Å². The number of β-lactam (4-membered cyclic amide) rings is 1. The number of sulfone groups is 1. The lowest BCUT2D eigenvalue weighted by Gasteiger charge is -2.33. The minimum atomic E-state index is -3.38. The van der Waals surface area contributed by atoms with Crippen LogP contribution < -0.4 is 5.73 Å². The van der Waals surface area contributed by atoms with Crippen LogP contribution in [0.25, 0.3) is 0 Å². The monoisotopic (exact) mass is 192 g/mol. The molecular formula is C5H8N2O4S. The van der Waals surface area contributed by atoms with E-state index >= 15 is 0 Å². The lowest BCUT2D eigenvalue weighted by Crippen LogP contribution is -2.62. The lowest BCUT2D eigenvalue weighted by atomic mass is 10.2. The molecule has 0 aromatic rings. The Labute approximate surface area is 69.2 Å². The number of rotatable bonds is 1. The minimum Gasteiger partial charge on any atom is -0.351 e. The number of hydrogen-bond donors (Lipinski definition) is 1. The average Bonchev–Trinajstić information content (AvgIpc) is 1.80. The predicted octanol–water partition coefficient (Wildman–Crippen LogP) is -1.68. The van der Waals surface area contributed by atoms with Gasteiger partial charge in [0.2, 0.25) is 0 Å². The second kappa shape index (κ2) is 2.44. The van der Waals surface area contributed by atoms with E-state index in [2.05, 4.69) is 0 Å². The first-order valence-electron chi connectivity index (χ1n) is 3.13. The van der Waals surface area contributed by atoms with Crippen molar-refractivity contribution in [1.29, 1.82) is 0 Å². The van der Waals surface area contributed by atoms with E-state index in [0.29, 0.717) is 4.90 Å². The van der Waals surface area contributed by atoms with E-state index in [1.54, 1.807) is 0 Å². The van der Waals surface area contributed by atoms with E-state index in [0.717, 1.165) is 6.26 Å². The van der Waals surface area contributed by atoms with Crippen molar-refractivity contribution in [3.8, 4) is 0 Å². The van der Waals surface area contributed by atoms with Gasteiger partial charge in [-0.1, -0.05) is 0 Å². The fourth-order valence-electron chi connectivity index (χ4n) is 0.912. The molecule has 68 valence electrons. The summed E-state index contributed by atoms with van der Waals surface area (Å²) in [6.45, 7) is -0.118. The van der Waals surface area contributed by atoms with E-state index in [1.165, 1.54) is 0 Å². The average molecular weight is 192 g/mol. The number of likely N-dealkylation sites (tertiary alicyclic amines) is 1. The molecule has 0 radical (unpaired) electrons. The molecule has 1 saturated heterocycles. The third kappa shape index (κ3) is 1.27. The van der Waals surface area contributed by atoms with Gasteiger partial charge >= 0.3 is 6.03 Å². The Kier molecular flexibility index (Phi) is 1.83. The zero-order valence-corrected chi connectivity index (χ0v) is 7.17. The van der Waals surface area contributed by atoms with Crippen LogP contribution in [0.4, 0.5) is 4.79 Å². The molecule has 1 aliphatic rings. The van der Waals surface area contributed by atoms with Gasteiger partial charge in [0.1, 0.15) is 0 Å². The van der Waals surface area contributed by atoms with Gasteiger partial charge in [0, 0.05) is 6.26 Å². The number of carbonyl (C=O) groups is 2. The summed E-state index contributed by atoms with van der Waals surface area (Å²) < 4.78 is 21.6. The quantitative estimate of drug-likeness (QED) is 0.502. The van der Waals surface area contributed by atoms with Crippen molar-refractivity contribution < 1.29 is 18.0 Å². The van der Waals surface area contributed by atoms with E-state index < -0.39 is 27.0 Å². The van der Waals surface area contributed by atoms with Gasteiger partial charge in [-0.15, -0.1) is 0 Å². The first-order chi connectivity index (χ1) is 5.34. The molecule has 0 aromatic heterocycles. The van der Waals surface area contributed by atoms with Crippen molar-refractivity contribution in [2.45, 2.75) is 5.25 Å². The molecule has 1 unspecified atom stereocenters. The highest BCUT2D eigenvalue weighted by atomic mass is 32.2. The molecule has 12 heavy (non-hydrogen) atoms. The number of amides is 3. The van der Waals surface area contributed by atoms with Gasteiger partial charge in [-0.3, -0.25) is 9.69 Å². The second-order valence-corrected chi connectivity index (χ2v) is 4.83. The minimum absolute atomic E-state index is 0.118. The normalized spacial score (nSPS) is 23.6. The van der Waals surface area contributed by atoms with Crippen molar-refractivity contribution in [1.82, 2.24) is 4.90 Å². The van der Waals surface area contributed by atoms with Gasteiger partial charge < -0.3 is 5.73 Å². The zero-order valence-electron chi connectivity index (χ0n) is 6.35. The summed E-state index contributed by atoms with van der Waals surface area (Å²) in [4.78, 5) is 22.0. The van der Waals surface area contributed by atoms with Crippen molar-refractivity contribution in [3.05, 3.63) is 0 Å². The topological polar surface area (TPSA) is 97.5 Å². The molecule has 3 amide bonds. The highest BCUT2D eigenvalue weighted by molar-refractivity contribution is 7.92. The Morgan fingerprint density at radius 1 is 1.67 bits per heavy atom. The van der Waals surface area contributed by atoms with Gasteiger partial charge in [-0.25, -0.2) is 13.2 Å². The fraction of sp³-hybridized carbons (Fsp3) is 0.600. The highest BCUT2D eigenvalue weighted by Crippen LogP contribution is 2.16. The maximum absolute atomic E-state index is 10.9. The Morgan fingerprint density at radius 2 is 2.17 bits per heavy atom. The van der Waals surface area contributed by atoms with E-state index in [-0.39, 0.29) is 6.54 Å². The Bertz CT molecular complexity index is 333. The summed E-state index contributed by atoms with van der Waals surface area (Å²) in [7, 11) is -3.38. The van der Waals surface area contributed by atoms with Crippen LogP contribution in [0.15, 0.2) is 0 Å². The van der Waals surface area contributed by atoms with Crippen LogP contribution in [0.5, 0.6) is 0 Å². The summed E-state index contributed by atoms with van der Waals surface area (Å²) >= 11 is 0. The van der Waals surface area contributed by atoms with Crippen LogP contribution in [0, 0.1) is 0 Å². The lowest BCUT2D eigenvalue weighted by molar-refractivity contribution is -0.134. The van der Waals surface area contributed by atoms with Crippen LogP contribution >= 0.6 is 0 Å². The molecular weight excluding hydrogens is 184 g/mol. The standard InChI is InChI=1S/C5H8N2O4S/c1-12(10,11)3-2-7(4(3)8)5(6)9/h3H,2H2,1H3,(H2,6,9). The van der Waals surface area contributed by atoms with Crippen molar-refractivity contribution in [2.75, 3.05) is 12.8 Å². The molecule has 0 aromatic carbocycles. The molecule has 1 heterocycles. The van der Waals surface area contributed by atoms with Gasteiger partial charge in [-0.2, -0.15) is 0 Å². The van der Waals surface area contributed by atoms with Crippen LogP contribution in [-0.2, 0) is 14.6 Å². The molecule has 0 saturated carbocycles. The molecule has 1 aliphatic heterocycles. The largest absolute Gasteiger partial charge is 0.351 e. The first-order valence-corrected chi connectivity index (χ1v) is 5.09. The molecule has 6 nitrogen and oxygen atoms in total. The first kappa shape index (κ1) is 8.98. The zero-order chi connectivity index (χ0) is 9.52. The number of urea groups is 1. The number of imide groups is 1. The number of nitrogens with zero attached hydrogens (tertiary/aromatic N) is 1. The predicted molar refractivity (Wildman–Crippen MR) is 39.9 cm³/mol. The van der Waals surface area contributed by atoms with Gasteiger partial charge in [0.15, 0.2) is 15.1 Å². The number of carbonyl (C=O) groups excluding carboxylic acids is 2. The number of primary amides is 1. The van der Waals surface area contributed by atoms with Crippen LogP contribution in [0.3, 0.4) is 0 Å². The number of nitrogens with two attached hydrogens (primary N) is 1. The SMILES string of the molecule is CS(=O)(=O)C1CN(C(N)=O)C1=O. The molecule has 2 N–H and O–H groups in total. The van der Waals surface area contributed by atoms with E-state index in [9.17, 15) is 18.0 Å². The number of hydrogen-bond acceptors (Lipinski definition) is 4. The summed E-state index contributed by atoms with van der Waals surface area (Å²) in [6.07, 6.45) is 0.952. The molecule has 0 aliphatic carbocycles. The fourth-order valence-corrected chi connectivity index (χ4v) is 1.83. The molecule has 0 bridgehead atoms. The molecule has 0 spiro atoms. The van der Waals surface area contributed by atoms with Crippen LogP contribution in [0.1, 0.15) is 0 Å². The van der Waals surface area contributed by atoms with Crippen molar-refractivity contribution >= 4 is 21.8 Å². The maximum atomic E-state index is 10.9. The van der Waals surface area contributed by atoms with Gasteiger partial charge in [-0.05, 0) is 0 Å². The third-order valence-electron chi connectivity index (χ3n) is 1.67. The molecule has 1 fully saturated rings. The highest BCUT2D eigenvalue weighted by Gasteiger charge is 2.46. The van der Waals surface area contributed by atoms with Crippen LogP contribution in [-0.4, -0.2) is 43.3 Å². The van der Waals surface area contributed by atoms with Gasteiger partial charge in [0.05, 0.1) is 6.54 Å². The Morgan fingerprint density at radius 3 is 2.42 bits per heavy atom. The summed E-state index contributed by atoms with van der Waals surface area (Å²) in [5.41, 5.74) is 4.76. The van der Waals surface area contributed by atoms with Crippen molar-refractivity contribution in [2.24, 2.45) is 5.73 Å². The Hall–Kier alpha value is -1.11. The Balaban J connectivity index is 2.74. The third-order valence-corrected chi connectivity index (χ3v) is 3.06. The second-order valence-electron chi connectivity index (χ2n) is 2.61. The molecule has 1 rings (SSSR count). The smallest absolute Gasteiger partial charge is 0.321 e. The van der Waals surface area contributed by atoms with Gasteiger partial charge in [0.25, 0.3) is 5.91 Å². The molecule has 1 atom stereocenters. The summed E-state index contributed by atoms with van der Waals surface area (Å²) in [5.74, 6) is -0.731. The summed E-state index contributed by atoms with van der Waals surface area (Å²) in [5, 5.41) is -1.08. The maximum Gasteiger partial charge on any atom is 0.321 e. The van der Waals surface area contributed by atoms with E-state index in [4.69, 9.17) is 5.73 Å². The van der Waals surface area contributed by atoms with E-state index in [1.807, 2.05) is 0 Å².